The number of nitrogens with one attached hydrogen (secondary N) is 3. The van der Waals surface area contributed by atoms with Crippen molar-refractivity contribution in [1.29, 1.82) is 0 Å². The molecule has 0 heterocycles. The molecule has 0 bridgehead atoms. The minimum Gasteiger partial charge on any atom is -0.871 e. The average Bonchev–Trinajstić information content (AvgIpc) is 3.17. The molecule has 0 atom stereocenters. The minimum atomic E-state index is -5.42. The van der Waals surface area contributed by atoms with E-state index in [4.69, 9.17) is 0 Å². The topological polar surface area (TPSA) is 360 Å². The van der Waals surface area contributed by atoms with Gasteiger partial charge in [0.1, 0.15) is 20.2 Å². The van der Waals surface area contributed by atoms with Gasteiger partial charge in [0.05, 0.1) is 42.3 Å². The predicted molar refractivity (Wildman–Crippen MR) is 199 cm³/mol. The van der Waals surface area contributed by atoms with Crippen molar-refractivity contribution in [2.45, 2.75) is 19.6 Å². The van der Waals surface area contributed by atoms with Gasteiger partial charge in [-0.05, 0) is 96.3 Å². The van der Waals surface area contributed by atoms with Gasteiger partial charge in [-0.2, -0.15) is 10.2 Å². The van der Waals surface area contributed by atoms with E-state index in [2.05, 4.69) is 25.8 Å². The molecule has 27 heteroatoms. The molecule has 61 heavy (non-hydrogen) atoms. The molecule has 0 spiro atoms. The fourth-order valence-corrected chi connectivity index (χ4v) is 8.28. The Kier molecular flexibility index (Phi) is 14.3. The third-order valence-electron chi connectivity index (χ3n) is 8.42. The summed E-state index contributed by atoms with van der Waals surface area (Å²) < 4.78 is 127. The van der Waals surface area contributed by atoms with Crippen LogP contribution >= 0.6 is 0 Å². The molecule has 0 saturated carbocycles. The Balaban J connectivity index is 0.00000410. The van der Waals surface area contributed by atoms with Gasteiger partial charge in [0.2, 0.25) is 20.0 Å². The Morgan fingerprint density at radius 2 is 0.836 bits per heavy atom. The molecular formula is C34H23Cu2N7O14S4-2. The van der Waals surface area contributed by atoms with Gasteiger partial charge < -0.3 is 34.8 Å². The van der Waals surface area contributed by atoms with Crippen LogP contribution in [0.2, 0.25) is 0 Å². The second-order valence-electron chi connectivity index (χ2n) is 12.1. The van der Waals surface area contributed by atoms with Gasteiger partial charge in [0, 0.05) is 11.4 Å². The summed E-state index contributed by atoms with van der Waals surface area (Å²) in [5.74, 6) is -3.85. The molecule has 0 amide bonds. The summed E-state index contributed by atoms with van der Waals surface area (Å²) >= 11 is 0. The van der Waals surface area contributed by atoms with Crippen LogP contribution in [0.5, 0.6) is 23.0 Å². The monoisotopic (exact) mass is 1010 g/mol. The molecule has 6 aromatic rings. The molecule has 2 radical (unpaired) electrons. The third kappa shape index (κ3) is 10.1. The summed E-state index contributed by atoms with van der Waals surface area (Å²) in [6.45, 7) is 0. The van der Waals surface area contributed by atoms with Gasteiger partial charge in [0.25, 0.3) is 0 Å². The van der Waals surface area contributed by atoms with Crippen molar-refractivity contribution >= 4 is 96.0 Å². The van der Waals surface area contributed by atoms with Crippen molar-refractivity contribution in [3.05, 3.63) is 84.9 Å². The zero-order valence-electron chi connectivity index (χ0n) is 30.3. The van der Waals surface area contributed by atoms with Crippen molar-refractivity contribution in [3.63, 3.8) is 0 Å². The fourth-order valence-electron chi connectivity index (χ4n) is 5.50. The summed E-state index contributed by atoms with van der Waals surface area (Å²) in [5, 5.41) is 68.3. The Morgan fingerprint density at radius 1 is 0.475 bits per heavy atom. The molecule has 0 aliphatic heterocycles. The minimum absolute atomic E-state index is 0. The molecule has 6 aromatic carbocycles. The first-order valence-electron chi connectivity index (χ1n) is 16.1. The number of rotatable bonds is 12. The van der Waals surface area contributed by atoms with Crippen LogP contribution in [-0.4, -0.2) is 56.9 Å². The van der Waals surface area contributed by atoms with Crippen molar-refractivity contribution < 1.29 is 97.3 Å². The smallest absolute Gasteiger partial charge is 0.871 e. The molecule has 0 aromatic heterocycles. The standard InChI is InChI=1S/C34H29N7O14S4.2Cu/c1-35-56(46,47)21-5-9-27(42)25(15-21)38-40-31-29(58(50,51)52)13-17-11-19(3-7-23(17)33(31)44)37-20-4-8-24-18(12-20)14-30(59(53,54)55)32(34(24)45)41-39-26-16-22(6-10-28(26)43)57(48,49)36-2;;/h3-16,35-37,42-45H,1-2H3,(H,50,51,52)(H,53,54,55);;/q;2*+2/p-6. The molecule has 326 valence electrons. The van der Waals surface area contributed by atoms with Crippen LogP contribution in [0.4, 0.5) is 34.1 Å². The number of benzene rings is 6. The van der Waals surface area contributed by atoms with Crippen LogP contribution in [-0.2, 0) is 74.4 Å². The average molecular weight is 1010 g/mol. The number of nitrogens with zero attached hydrogens (tertiary/aromatic N) is 4. The molecule has 3 N–H and O–H groups in total. The van der Waals surface area contributed by atoms with Crippen LogP contribution in [0.15, 0.2) is 125 Å². The molecule has 21 nitrogen and oxygen atoms in total. The van der Waals surface area contributed by atoms with Crippen LogP contribution in [0.25, 0.3) is 21.5 Å². The van der Waals surface area contributed by atoms with E-state index in [9.17, 15) is 63.2 Å². The molecule has 0 saturated heterocycles. The van der Waals surface area contributed by atoms with E-state index in [0.29, 0.717) is 0 Å². The summed E-state index contributed by atoms with van der Waals surface area (Å²) in [7, 11) is -16.7. The Bertz CT molecular complexity index is 3050. The van der Waals surface area contributed by atoms with E-state index in [1.165, 1.54) is 36.4 Å². The number of hydrogen-bond acceptors (Lipinski definition) is 19. The summed E-state index contributed by atoms with van der Waals surface area (Å²) in [6.07, 6.45) is 0. The van der Waals surface area contributed by atoms with Crippen molar-refractivity contribution in [1.82, 2.24) is 9.44 Å². The van der Waals surface area contributed by atoms with E-state index < -0.39 is 106 Å². The molecule has 0 aliphatic carbocycles. The van der Waals surface area contributed by atoms with Crippen molar-refractivity contribution in [2.75, 3.05) is 19.4 Å². The van der Waals surface area contributed by atoms with E-state index >= 15 is 0 Å². The van der Waals surface area contributed by atoms with E-state index in [1.807, 2.05) is 9.44 Å². The molecule has 0 unspecified atom stereocenters. The maximum atomic E-state index is 13.5. The number of azo groups is 2. The molecule has 6 rings (SSSR count). The van der Waals surface area contributed by atoms with Crippen molar-refractivity contribution in [2.24, 2.45) is 20.5 Å². The zero-order valence-corrected chi connectivity index (χ0v) is 35.5. The van der Waals surface area contributed by atoms with Crippen LogP contribution < -0.4 is 35.2 Å². The Labute approximate surface area is 367 Å². The third-order valence-corrected chi connectivity index (χ3v) is 12.9. The summed E-state index contributed by atoms with van der Waals surface area (Å²) in [4.78, 5) is -3.01. The second kappa shape index (κ2) is 18.0. The first-order chi connectivity index (χ1) is 27.5. The van der Waals surface area contributed by atoms with E-state index in [1.54, 1.807) is 0 Å². The van der Waals surface area contributed by atoms with Crippen LogP contribution in [0.1, 0.15) is 0 Å². The Hall–Kier alpha value is -5.28. The maximum Gasteiger partial charge on any atom is 2.00 e. The first-order valence-corrected chi connectivity index (χ1v) is 21.9. The number of sulfonamides is 2. The largest absolute Gasteiger partial charge is 2.00 e. The summed E-state index contributed by atoms with van der Waals surface area (Å²) in [5.41, 5.74) is -2.75. The van der Waals surface area contributed by atoms with Gasteiger partial charge in [-0.25, -0.2) is 43.1 Å². The van der Waals surface area contributed by atoms with Crippen LogP contribution in [0, 0.1) is 0 Å². The van der Waals surface area contributed by atoms with E-state index in [-0.39, 0.29) is 67.1 Å². The second-order valence-corrected chi connectivity index (χ2v) is 18.6. The number of hydrogen-bond donors (Lipinski definition) is 3. The maximum absolute atomic E-state index is 13.5. The number of fused-ring (bicyclic) bond motifs is 2. The predicted octanol–water partition coefficient (Wildman–Crippen LogP) is 2.48. The van der Waals surface area contributed by atoms with Gasteiger partial charge >= 0.3 is 34.1 Å². The SMILES string of the molecule is CNS(=O)(=O)c1ccc([O-])c(N=Nc2c(S(=O)(=O)[O-])cc3cc(Nc4ccc5c([O-])c(N=Nc6cc(S(=O)(=O)NC)ccc6[O-])c(S(=O)(=O)[O-])cc5c4)ccc3c2[O-])c1.[Cu+2].[Cu+2]. The van der Waals surface area contributed by atoms with Crippen molar-refractivity contribution in [3.8, 4) is 23.0 Å². The summed E-state index contributed by atoms with van der Waals surface area (Å²) in [6, 6.07) is 14.7. The molecule has 0 fully saturated rings. The first kappa shape index (κ1) is 48.4. The number of anilines is 2. The normalized spacial score (nSPS) is 12.5. The quantitative estimate of drug-likeness (QED) is 0.0901. The fraction of sp³-hybridized carbons (Fsp3) is 0.0588. The van der Waals surface area contributed by atoms with Gasteiger partial charge in [-0.1, -0.05) is 47.3 Å². The molecular weight excluding hydrogens is 986 g/mol. The van der Waals surface area contributed by atoms with Gasteiger partial charge in [-0.3, -0.25) is 0 Å². The zero-order chi connectivity index (χ0) is 43.2. The van der Waals surface area contributed by atoms with E-state index in [0.717, 1.165) is 62.6 Å². The van der Waals surface area contributed by atoms with Gasteiger partial charge in [-0.15, -0.1) is 10.2 Å². The molecule has 0 aliphatic rings. The Morgan fingerprint density at radius 3 is 1.16 bits per heavy atom. The van der Waals surface area contributed by atoms with Crippen LogP contribution in [0.3, 0.4) is 0 Å². The van der Waals surface area contributed by atoms with Gasteiger partial charge in [0.15, 0.2) is 0 Å².